The minimum atomic E-state index is -0.197. The lowest BCUT2D eigenvalue weighted by Gasteiger charge is -2.13. The molecule has 0 unspecified atom stereocenters. The fourth-order valence-electron chi connectivity index (χ4n) is 3.37. The highest BCUT2D eigenvalue weighted by Crippen LogP contribution is 2.30. The van der Waals surface area contributed by atoms with Crippen LogP contribution in [0.15, 0.2) is 97.1 Å². The van der Waals surface area contributed by atoms with Crippen LogP contribution >= 0.6 is 0 Å². The van der Waals surface area contributed by atoms with Gasteiger partial charge in [0.1, 0.15) is 11.5 Å². The summed E-state index contributed by atoms with van der Waals surface area (Å²) in [4.78, 5) is 26.3. The molecule has 4 aromatic rings. The van der Waals surface area contributed by atoms with Crippen molar-refractivity contribution in [2.75, 3.05) is 0 Å². The van der Waals surface area contributed by atoms with E-state index in [-0.39, 0.29) is 23.1 Å². The van der Waals surface area contributed by atoms with E-state index >= 15 is 0 Å². The summed E-state index contributed by atoms with van der Waals surface area (Å²) in [6, 6.07) is 26.5. The Balaban J connectivity index is 1.81. The average molecular weight is 394 g/mol. The maximum absolute atomic E-state index is 13.1. The second-order valence-electron chi connectivity index (χ2n) is 6.84. The van der Waals surface area contributed by atoms with Crippen molar-refractivity contribution in [2.24, 2.45) is 0 Å². The average Bonchev–Trinajstić information content (AvgIpc) is 2.79. The van der Waals surface area contributed by atoms with Crippen LogP contribution in [0.4, 0.5) is 0 Å². The number of rotatable bonds is 5. The van der Waals surface area contributed by atoms with Gasteiger partial charge in [0.05, 0.1) is 0 Å². The van der Waals surface area contributed by atoms with E-state index in [4.69, 9.17) is 0 Å². The summed E-state index contributed by atoms with van der Waals surface area (Å²) in [6.45, 7) is 0. The summed E-state index contributed by atoms with van der Waals surface area (Å²) in [5, 5.41) is 19.0. The van der Waals surface area contributed by atoms with Gasteiger partial charge in [0.15, 0.2) is 11.6 Å². The molecule has 4 aromatic carbocycles. The molecule has 0 aliphatic heterocycles. The van der Waals surface area contributed by atoms with Crippen LogP contribution in [0.5, 0.6) is 11.5 Å². The second-order valence-corrected chi connectivity index (χ2v) is 6.84. The Bertz CT molecular complexity index is 1120. The first-order valence-electron chi connectivity index (χ1n) is 9.40. The molecule has 0 bridgehead atoms. The third kappa shape index (κ3) is 3.71. The quantitative estimate of drug-likeness (QED) is 0.455. The molecule has 0 atom stereocenters. The van der Waals surface area contributed by atoms with Gasteiger partial charge in [-0.05, 0) is 59.7 Å². The molecule has 0 saturated carbocycles. The van der Waals surface area contributed by atoms with E-state index in [1.807, 2.05) is 24.3 Å². The lowest BCUT2D eigenvalue weighted by molar-refractivity contribution is 0.103. The van der Waals surface area contributed by atoms with Gasteiger partial charge >= 0.3 is 0 Å². The van der Waals surface area contributed by atoms with Crippen LogP contribution in [0.2, 0.25) is 0 Å². The molecule has 0 heterocycles. The van der Waals surface area contributed by atoms with Crippen molar-refractivity contribution in [3.8, 4) is 22.6 Å². The van der Waals surface area contributed by atoms with E-state index in [1.54, 1.807) is 48.5 Å². The highest BCUT2D eigenvalue weighted by molar-refractivity contribution is 6.17. The molecule has 4 heteroatoms. The molecule has 0 fully saturated rings. The first-order valence-corrected chi connectivity index (χ1v) is 9.40. The number of ketones is 2. The third-order valence-electron chi connectivity index (χ3n) is 4.89. The minimum absolute atomic E-state index is 0.0877. The van der Waals surface area contributed by atoms with E-state index in [0.717, 1.165) is 0 Å². The van der Waals surface area contributed by atoms with Crippen LogP contribution in [0.3, 0.4) is 0 Å². The predicted octanol–water partition coefficient (Wildman–Crippen LogP) is 5.23. The summed E-state index contributed by atoms with van der Waals surface area (Å²) in [7, 11) is 0. The number of hydrogen-bond acceptors (Lipinski definition) is 4. The predicted molar refractivity (Wildman–Crippen MR) is 115 cm³/mol. The highest BCUT2D eigenvalue weighted by atomic mass is 16.3. The molecule has 0 aliphatic rings. The maximum Gasteiger partial charge on any atom is 0.193 e. The van der Waals surface area contributed by atoms with Crippen molar-refractivity contribution in [3.63, 3.8) is 0 Å². The molecule has 146 valence electrons. The van der Waals surface area contributed by atoms with E-state index in [1.165, 1.54) is 24.3 Å². The van der Waals surface area contributed by atoms with Gasteiger partial charge in [-0.25, -0.2) is 0 Å². The summed E-state index contributed by atoms with van der Waals surface area (Å²) in [6.07, 6.45) is 0. The largest absolute Gasteiger partial charge is 0.508 e. The Kier molecular flexibility index (Phi) is 5.14. The lowest BCUT2D eigenvalue weighted by Crippen LogP contribution is -2.07. The number of hydrogen-bond donors (Lipinski definition) is 2. The minimum Gasteiger partial charge on any atom is -0.508 e. The van der Waals surface area contributed by atoms with Gasteiger partial charge in [-0.15, -0.1) is 0 Å². The van der Waals surface area contributed by atoms with Crippen LogP contribution in [0.25, 0.3) is 11.1 Å². The Morgan fingerprint density at radius 2 is 0.800 bits per heavy atom. The molecule has 0 aliphatic carbocycles. The van der Waals surface area contributed by atoms with E-state index < -0.39 is 0 Å². The Morgan fingerprint density at radius 3 is 1.17 bits per heavy atom. The molecule has 0 amide bonds. The SMILES string of the molecule is O=C(c1ccc(O)cc1)c1ccccc1-c1ccccc1C(=O)c1ccc(O)cc1. The van der Waals surface area contributed by atoms with Crippen molar-refractivity contribution in [1.82, 2.24) is 0 Å². The monoisotopic (exact) mass is 394 g/mol. The van der Waals surface area contributed by atoms with Crippen LogP contribution in [0, 0.1) is 0 Å². The maximum atomic E-state index is 13.1. The number of carbonyl (C=O) groups is 2. The zero-order valence-corrected chi connectivity index (χ0v) is 15.9. The van der Waals surface area contributed by atoms with E-state index in [0.29, 0.717) is 33.4 Å². The molecule has 0 aromatic heterocycles. The molecule has 4 rings (SSSR count). The Labute approximate surface area is 173 Å². The summed E-state index contributed by atoms with van der Waals surface area (Å²) >= 11 is 0. The molecule has 4 nitrogen and oxygen atoms in total. The topological polar surface area (TPSA) is 74.6 Å². The molecule has 0 radical (unpaired) electrons. The van der Waals surface area contributed by atoms with Crippen molar-refractivity contribution >= 4 is 11.6 Å². The molecule has 30 heavy (non-hydrogen) atoms. The molecular weight excluding hydrogens is 376 g/mol. The molecule has 0 spiro atoms. The van der Waals surface area contributed by atoms with Gasteiger partial charge < -0.3 is 10.2 Å². The van der Waals surface area contributed by atoms with Gasteiger partial charge in [-0.3, -0.25) is 9.59 Å². The zero-order chi connectivity index (χ0) is 21.1. The number of phenolic OH excluding ortho intramolecular Hbond substituents is 2. The smallest absolute Gasteiger partial charge is 0.193 e. The lowest BCUT2D eigenvalue weighted by atomic mass is 9.89. The number of phenols is 2. The van der Waals surface area contributed by atoms with Crippen molar-refractivity contribution in [2.45, 2.75) is 0 Å². The van der Waals surface area contributed by atoms with Crippen LogP contribution in [0.1, 0.15) is 31.8 Å². The standard InChI is InChI=1S/C26H18O4/c27-19-13-9-17(10-14-19)25(29)23-7-3-1-5-21(23)22-6-2-4-8-24(22)26(30)18-11-15-20(28)16-12-18/h1-16,27-28H. The van der Waals surface area contributed by atoms with Crippen molar-refractivity contribution < 1.29 is 19.8 Å². The second kappa shape index (κ2) is 8.05. The Morgan fingerprint density at radius 1 is 0.467 bits per heavy atom. The van der Waals surface area contributed by atoms with Crippen LogP contribution < -0.4 is 0 Å². The van der Waals surface area contributed by atoms with Gasteiger partial charge in [0.25, 0.3) is 0 Å². The fourth-order valence-corrected chi connectivity index (χ4v) is 3.37. The fraction of sp³-hybridized carbons (Fsp3) is 0. The molecule has 2 N–H and O–H groups in total. The number of carbonyl (C=O) groups excluding carboxylic acids is 2. The third-order valence-corrected chi connectivity index (χ3v) is 4.89. The van der Waals surface area contributed by atoms with Gasteiger partial charge in [0.2, 0.25) is 0 Å². The highest BCUT2D eigenvalue weighted by Gasteiger charge is 2.19. The first-order chi connectivity index (χ1) is 14.5. The molecule has 0 saturated heterocycles. The number of benzene rings is 4. The van der Waals surface area contributed by atoms with E-state index in [2.05, 4.69) is 0 Å². The summed E-state index contributed by atoms with van der Waals surface area (Å²) in [5.41, 5.74) is 3.13. The van der Waals surface area contributed by atoms with Crippen molar-refractivity contribution in [3.05, 3.63) is 119 Å². The number of aromatic hydroxyl groups is 2. The van der Waals surface area contributed by atoms with Gasteiger partial charge in [-0.1, -0.05) is 48.5 Å². The Hall–Kier alpha value is -4.18. The van der Waals surface area contributed by atoms with Crippen LogP contribution in [-0.4, -0.2) is 21.8 Å². The van der Waals surface area contributed by atoms with E-state index in [9.17, 15) is 19.8 Å². The summed E-state index contributed by atoms with van der Waals surface area (Å²) < 4.78 is 0. The van der Waals surface area contributed by atoms with Crippen molar-refractivity contribution in [1.29, 1.82) is 0 Å². The first kappa shape index (κ1) is 19.2. The van der Waals surface area contributed by atoms with Gasteiger partial charge in [0, 0.05) is 22.3 Å². The van der Waals surface area contributed by atoms with Gasteiger partial charge in [-0.2, -0.15) is 0 Å². The van der Waals surface area contributed by atoms with Crippen LogP contribution in [-0.2, 0) is 0 Å². The summed E-state index contributed by atoms with van der Waals surface area (Å²) in [5.74, 6) is -0.218. The zero-order valence-electron chi connectivity index (χ0n) is 15.9. The molecular formula is C26H18O4. The normalized spacial score (nSPS) is 10.5.